The Bertz CT molecular complexity index is 1080. The van der Waals surface area contributed by atoms with E-state index in [1.165, 1.54) is 4.90 Å². The molecule has 30 heavy (non-hydrogen) atoms. The number of pyridine rings is 1. The summed E-state index contributed by atoms with van der Waals surface area (Å²) >= 11 is 0. The van der Waals surface area contributed by atoms with Crippen LogP contribution in [0, 0.1) is 0 Å². The number of amides is 1. The second-order valence-corrected chi connectivity index (χ2v) is 7.35. The highest BCUT2D eigenvalue weighted by atomic mass is 16.5. The molecule has 1 atom stereocenters. The average molecular weight is 406 g/mol. The van der Waals surface area contributed by atoms with Crippen LogP contribution in [-0.4, -0.2) is 45.9 Å². The first-order valence-electron chi connectivity index (χ1n) is 9.76. The number of para-hydroxylation sites is 1. The van der Waals surface area contributed by atoms with Crippen LogP contribution in [0.4, 0.5) is 0 Å². The molecule has 154 valence electrons. The van der Waals surface area contributed by atoms with Crippen molar-refractivity contribution < 1.29 is 23.8 Å². The van der Waals surface area contributed by atoms with Gasteiger partial charge in [-0.25, -0.2) is 0 Å². The van der Waals surface area contributed by atoms with Crippen molar-refractivity contribution in [2.24, 2.45) is 0 Å². The predicted octanol–water partition coefficient (Wildman–Crippen LogP) is 3.83. The lowest BCUT2D eigenvalue weighted by molar-refractivity contribution is -0.130. The molecular formula is C23H22N2O5. The minimum absolute atomic E-state index is 0.00208. The number of carbonyl (C=O) groups excluding carboxylic acids is 2. The number of nitrogens with zero attached hydrogens (tertiary/aromatic N) is 2. The van der Waals surface area contributed by atoms with Crippen LogP contribution < -0.4 is 0 Å². The number of aliphatic hydroxyl groups excluding tert-OH is 1. The van der Waals surface area contributed by atoms with Gasteiger partial charge in [0.2, 0.25) is 5.78 Å². The molecule has 1 aromatic carbocycles. The molecule has 3 aromatic rings. The third-order valence-electron chi connectivity index (χ3n) is 4.98. The van der Waals surface area contributed by atoms with Gasteiger partial charge >= 0.3 is 0 Å². The number of hydrogen-bond donors (Lipinski definition) is 1. The number of hydrogen-bond acceptors (Lipinski definition) is 6. The van der Waals surface area contributed by atoms with Gasteiger partial charge in [-0.1, -0.05) is 24.3 Å². The molecular weight excluding hydrogens is 384 g/mol. The highest BCUT2D eigenvalue weighted by Gasteiger charge is 2.44. The maximum absolute atomic E-state index is 13.3. The summed E-state index contributed by atoms with van der Waals surface area (Å²) in [5, 5.41) is 11.4. The Kier molecular flexibility index (Phi) is 5.37. The molecule has 1 aliphatic heterocycles. The molecule has 0 radical (unpaired) electrons. The summed E-state index contributed by atoms with van der Waals surface area (Å²) in [6.07, 6.45) is 3.19. The minimum Gasteiger partial charge on any atom is -0.503 e. The molecule has 0 aliphatic carbocycles. The summed E-state index contributed by atoms with van der Waals surface area (Å²) in [6.45, 7) is 4.30. The second-order valence-electron chi connectivity index (χ2n) is 7.35. The van der Waals surface area contributed by atoms with E-state index >= 15 is 0 Å². The number of benzene rings is 1. The van der Waals surface area contributed by atoms with Crippen molar-refractivity contribution in [2.45, 2.75) is 26.0 Å². The molecule has 2 aromatic heterocycles. The zero-order chi connectivity index (χ0) is 21.3. The Labute approximate surface area is 173 Å². The summed E-state index contributed by atoms with van der Waals surface area (Å²) in [5.74, 6) is -1.65. The highest BCUT2D eigenvalue weighted by molar-refractivity contribution is 6.15. The molecule has 1 unspecified atom stereocenters. The lowest BCUT2D eigenvalue weighted by Crippen LogP contribution is -2.34. The topological polar surface area (TPSA) is 92.9 Å². The van der Waals surface area contributed by atoms with Crippen LogP contribution in [0.3, 0.4) is 0 Å². The number of aliphatic hydroxyl groups is 1. The molecule has 1 aliphatic rings. The molecule has 1 N–H and O–H groups in total. The standard InChI is InChI=1S/C23H22N2O5/c1-14(2)29-11-10-25-20(16-7-5-9-24-13-16)19(22(27)23(25)28)21(26)18-12-15-6-3-4-8-17(15)30-18/h3-9,12-14,20,27H,10-11H2,1-2H3. The Morgan fingerprint density at radius 1 is 1.27 bits per heavy atom. The number of furan rings is 1. The fourth-order valence-corrected chi connectivity index (χ4v) is 3.61. The van der Waals surface area contributed by atoms with E-state index < -0.39 is 23.5 Å². The fourth-order valence-electron chi connectivity index (χ4n) is 3.61. The lowest BCUT2D eigenvalue weighted by atomic mass is 9.96. The van der Waals surface area contributed by atoms with Crippen molar-refractivity contribution >= 4 is 22.7 Å². The Hall–Kier alpha value is -3.45. The molecule has 0 saturated carbocycles. The van der Waals surface area contributed by atoms with E-state index in [1.807, 2.05) is 32.0 Å². The molecule has 7 heteroatoms. The maximum atomic E-state index is 13.3. The number of fused-ring (bicyclic) bond motifs is 1. The molecule has 7 nitrogen and oxygen atoms in total. The molecule has 0 spiro atoms. The fraction of sp³-hybridized carbons (Fsp3) is 0.261. The minimum atomic E-state index is -0.775. The van der Waals surface area contributed by atoms with Gasteiger partial charge in [-0.3, -0.25) is 14.6 Å². The van der Waals surface area contributed by atoms with E-state index in [9.17, 15) is 14.7 Å². The van der Waals surface area contributed by atoms with E-state index in [-0.39, 0.29) is 30.6 Å². The Morgan fingerprint density at radius 2 is 2.07 bits per heavy atom. The third-order valence-corrected chi connectivity index (χ3v) is 4.98. The van der Waals surface area contributed by atoms with Gasteiger partial charge in [0.1, 0.15) is 5.58 Å². The number of carbonyl (C=O) groups is 2. The summed E-state index contributed by atoms with van der Waals surface area (Å²) < 4.78 is 11.3. The van der Waals surface area contributed by atoms with E-state index in [0.29, 0.717) is 11.1 Å². The molecule has 4 rings (SSSR count). The van der Waals surface area contributed by atoms with E-state index in [2.05, 4.69) is 4.98 Å². The summed E-state index contributed by atoms with van der Waals surface area (Å²) in [4.78, 5) is 31.7. The van der Waals surface area contributed by atoms with Crippen molar-refractivity contribution in [3.63, 3.8) is 0 Å². The van der Waals surface area contributed by atoms with Crippen LogP contribution in [0.1, 0.15) is 36.0 Å². The van der Waals surface area contributed by atoms with Crippen molar-refractivity contribution in [1.82, 2.24) is 9.88 Å². The van der Waals surface area contributed by atoms with Gasteiger partial charge in [-0.05, 0) is 37.6 Å². The van der Waals surface area contributed by atoms with Crippen molar-refractivity contribution in [3.05, 3.63) is 77.5 Å². The van der Waals surface area contributed by atoms with Crippen LogP contribution in [0.15, 0.2) is 70.6 Å². The first-order valence-corrected chi connectivity index (χ1v) is 9.76. The number of ether oxygens (including phenoxy) is 1. The van der Waals surface area contributed by atoms with Crippen molar-refractivity contribution in [2.75, 3.05) is 13.2 Å². The molecule has 1 amide bonds. The van der Waals surface area contributed by atoms with Crippen LogP contribution in [0.5, 0.6) is 0 Å². The van der Waals surface area contributed by atoms with Gasteiger partial charge in [-0.15, -0.1) is 0 Å². The number of ketones is 1. The average Bonchev–Trinajstić information content (AvgIpc) is 3.28. The second kappa shape index (κ2) is 8.12. The Balaban J connectivity index is 1.73. The van der Waals surface area contributed by atoms with Crippen molar-refractivity contribution in [3.8, 4) is 0 Å². The van der Waals surface area contributed by atoms with Crippen LogP contribution in [-0.2, 0) is 9.53 Å². The van der Waals surface area contributed by atoms with Gasteiger partial charge in [0.15, 0.2) is 11.5 Å². The van der Waals surface area contributed by atoms with Crippen LogP contribution in [0.2, 0.25) is 0 Å². The van der Waals surface area contributed by atoms with E-state index in [4.69, 9.17) is 9.15 Å². The van der Waals surface area contributed by atoms with E-state index in [0.717, 1.165) is 5.39 Å². The number of Topliss-reactive ketones (excluding diaryl/α,β-unsaturated/α-hetero) is 1. The SMILES string of the molecule is CC(C)OCCN1C(=O)C(O)=C(C(=O)c2cc3ccccc3o2)C1c1cccnc1. The molecule has 0 fully saturated rings. The predicted molar refractivity (Wildman–Crippen MR) is 110 cm³/mol. The highest BCUT2D eigenvalue weighted by Crippen LogP contribution is 2.39. The van der Waals surface area contributed by atoms with Crippen LogP contribution >= 0.6 is 0 Å². The number of rotatable bonds is 7. The monoisotopic (exact) mass is 406 g/mol. The largest absolute Gasteiger partial charge is 0.503 e. The molecule has 3 heterocycles. The Morgan fingerprint density at radius 3 is 2.77 bits per heavy atom. The normalized spacial score (nSPS) is 16.8. The first kappa shape index (κ1) is 19.8. The summed E-state index contributed by atoms with van der Waals surface area (Å²) in [6, 6.07) is 11.6. The number of aromatic nitrogens is 1. The van der Waals surface area contributed by atoms with Gasteiger partial charge in [-0.2, -0.15) is 0 Å². The molecule has 0 saturated heterocycles. The summed E-state index contributed by atoms with van der Waals surface area (Å²) in [7, 11) is 0. The molecule has 0 bridgehead atoms. The quantitative estimate of drug-likeness (QED) is 0.600. The zero-order valence-electron chi connectivity index (χ0n) is 16.7. The maximum Gasteiger partial charge on any atom is 0.290 e. The van der Waals surface area contributed by atoms with Gasteiger partial charge in [0.25, 0.3) is 5.91 Å². The van der Waals surface area contributed by atoms with Gasteiger partial charge in [0.05, 0.1) is 24.3 Å². The zero-order valence-corrected chi connectivity index (χ0v) is 16.7. The lowest BCUT2D eigenvalue weighted by Gasteiger charge is -2.26. The summed E-state index contributed by atoms with van der Waals surface area (Å²) in [5.41, 5.74) is 1.17. The van der Waals surface area contributed by atoms with Gasteiger partial charge < -0.3 is 19.2 Å². The van der Waals surface area contributed by atoms with Crippen LogP contribution in [0.25, 0.3) is 11.0 Å². The smallest absolute Gasteiger partial charge is 0.290 e. The first-order chi connectivity index (χ1) is 14.5. The van der Waals surface area contributed by atoms with Gasteiger partial charge in [0, 0.05) is 24.3 Å². The van der Waals surface area contributed by atoms with Crippen molar-refractivity contribution in [1.29, 1.82) is 0 Å². The third kappa shape index (κ3) is 3.59. The van der Waals surface area contributed by atoms with E-state index in [1.54, 1.807) is 36.7 Å².